The molecule has 31 heavy (non-hydrogen) atoms. The third-order valence-corrected chi connectivity index (χ3v) is 7.19. The minimum Gasteiger partial charge on any atom is -0.375 e. The molecular weight excluding hydrogens is 393 g/mol. The van der Waals surface area contributed by atoms with E-state index >= 15 is 0 Å². The van der Waals surface area contributed by atoms with Crippen molar-refractivity contribution in [2.45, 2.75) is 83.0 Å². The Hall–Kier alpha value is -1.66. The van der Waals surface area contributed by atoms with Crippen molar-refractivity contribution in [2.24, 2.45) is 5.92 Å². The van der Waals surface area contributed by atoms with Crippen LogP contribution in [0.2, 0.25) is 0 Å². The van der Waals surface area contributed by atoms with Gasteiger partial charge < -0.3 is 15.0 Å². The first-order chi connectivity index (χ1) is 14.9. The number of carbonyl (C=O) groups excluding carboxylic acids is 1. The van der Waals surface area contributed by atoms with E-state index in [0.29, 0.717) is 18.0 Å². The Morgan fingerprint density at radius 2 is 1.90 bits per heavy atom. The van der Waals surface area contributed by atoms with Gasteiger partial charge in [0.2, 0.25) is 0 Å². The van der Waals surface area contributed by atoms with Crippen molar-refractivity contribution >= 4 is 6.03 Å². The molecule has 3 fully saturated rings. The largest absolute Gasteiger partial charge is 0.375 e. The number of hydrogen-bond donors (Lipinski definition) is 1. The molecule has 5 nitrogen and oxygen atoms in total. The number of rotatable bonds is 7. The third kappa shape index (κ3) is 5.98. The number of hydrogen-bond acceptors (Lipinski definition) is 3. The molecular formula is C25H38FN3O2. The van der Waals surface area contributed by atoms with Crippen molar-refractivity contribution in [2.75, 3.05) is 26.2 Å². The van der Waals surface area contributed by atoms with E-state index in [0.717, 1.165) is 64.9 Å². The average molecular weight is 432 g/mol. The topological polar surface area (TPSA) is 44.8 Å². The highest BCUT2D eigenvalue weighted by atomic mass is 19.1. The molecule has 3 aliphatic rings. The van der Waals surface area contributed by atoms with Gasteiger partial charge in [0, 0.05) is 44.9 Å². The Kier molecular flexibility index (Phi) is 7.17. The fourth-order valence-corrected chi connectivity index (χ4v) is 5.09. The summed E-state index contributed by atoms with van der Waals surface area (Å²) in [6.45, 7) is 8.30. The summed E-state index contributed by atoms with van der Waals surface area (Å²) in [6, 6.07) is 8.17. The summed E-state index contributed by atoms with van der Waals surface area (Å²) < 4.78 is 19.7. The number of amides is 2. The molecule has 2 saturated heterocycles. The van der Waals surface area contributed by atoms with Crippen LogP contribution in [0.1, 0.15) is 64.4 Å². The van der Waals surface area contributed by atoms with Crippen LogP contribution in [0.3, 0.4) is 0 Å². The molecule has 0 aromatic heterocycles. The molecule has 1 aliphatic carbocycles. The number of urea groups is 1. The molecule has 6 heteroatoms. The summed E-state index contributed by atoms with van der Waals surface area (Å²) in [5.41, 5.74) is 1.08. The molecule has 1 spiro atoms. The average Bonchev–Trinajstić information content (AvgIpc) is 3.59. The number of piperidine rings is 1. The van der Waals surface area contributed by atoms with Gasteiger partial charge in [-0.05, 0) is 68.6 Å². The normalized spacial score (nSPS) is 23.5. The zero-order chi connectivity index (χ0) is 21.8. The Morgan fingerprint density at radius 3 is 2.55 bits per heavy atom. The van der Waals surface area contributed by atoms with Gasteiger partial charge in [-0.2, -0.15) is 0 Å². The lowest BCUT2D eigenvalue weighted by Crippen LogP contribution is -2.56. The van der Waals surface area contributed by atoms with Crippen LogP contribution in [0.5, 0.6) is 0 Å². The monoisotopic (exact) mass is 431 g/mol. The molecule has 172 valence electrons. The van der Waals surface area contributed by atoms with E-state index in [1.165, 1.54) is 18.4 Å². The highest BCUT2D eigenvalue weighted by Crippen LogP contribution is 2.40. The fourth-order valence-electron chi connectivity index (χ4n) is 5.09. The van der Waals surface area contributed by atoms with Gasteiger partial charge in [0.15, 0.2) is 0 Å². The molecule has 1 aromatic rings. The second-order valence-electron chi connectivity index (χ2n) is 10.1. The molecule has 1 unspecified atom stereocenters. The van der Waals surface area contributed by atoms with Crippen LogP contribution in [0.15, 0.2) is 24.3 Å². The standard InChI is InChI=1S/C25H38FN3O2/c1-19(2)9-13-27-24(30)28-14-11-25(12-15-28)17-23(10-16-31-25)29(22-7-8-22)18-20-3-5-21(26)6-4-20/h3-6,19,22-23H,7-18H2,1-2H3,(H,27,30). The fraction of sp³-hybridized carbons (Fsp3) is 0.720. The van der Waals surface area contributed by atoms with E-state index < -0.39 is 0 Å². The predicted molar refractivity (Wildman–Crippen MR) is 120 cm³/mol. The van der Waals surface area contributed by atoms with Gasteiger partial charge in [-0.25, -0.2) is 9.18 Å². The number of carbonyl (C=O) groups is 1. The van der Waals surface area contributed by atoms with Crippen LogP contribution in [0.25, 0.3) is 0 Å². The number of halogens is 1. The van der Waals surface area contributed by atoms with Crippen LogP contribution < -0.4 is 5.32 Å². The van der Waals surface area contributed by atoms with E-state index in [9.17, 15) is 9.18 Å². The summed E-state index contributed by atoms with van der Waals surface area (Å²) in [6.07, 6.45) is 7.45. The maximum atomic E-state index is 13.3. The Labute approximate surface area is 186 Å². The summed E-state index contributed by atoms with van der Waals surface area (Å²) in [5.74, 6) is 0.425. The van der Waals surface area contributed by atoms with Gasteiger partial charge in [0.05, 0.1) is 5.60 Å². The second kappa shape index (κ2) is 9.86. The van der Waals surface area contributed by atoms with Crippen molar-refractivity contribution < 1.29 is 13.9 Å². The molecule has 1 saturated carbocycles. The number of likely N-dealkylation sites (tertiary alicyclic amines) is 1. The zero-order valence-corrected chi connectivity index (χ0v) is 19.1. The molecule has 2 amide bonds. The zero-order valence-electron chi connectivity index (χ0n) is 19.1. The molecule has 0 radical (unpaired) electrons. The van der Waals surface area contributed by atoms with Crippen LogP contribution in [-0.2, 0) is 11.3 Å². The molecule has 1 N–H and O–H groups in total. The molecule has 1 atom stereocenters. The third-order valence-electron chi connectivity index (χ3n) is 7.19. The molecule has 2 aliphatic heterocycles. The van der Waals surface area contributed by atoms with Crippen molar-refractivity contribution in [1.82, 2.24) is 15.1 Å². The summed E-state index contributed by atoms with van der Waals surface area (Å²) in [5, 5.41) is 3.07. The van der Waals surface area contributed by atoms with Gasteiger partial charge in [-0.15, -0.1) is 0 Å². The highest BCUT2D eigenvalue weighted by molar-refractivity contribution is 5.74. The minimum absolute atomic E-state index is 0.0683. The summed E-state index contributed by atoms with van der Waals surface area (Å²) in [7, 11) is 0. The quantitative estimate of drug-likeness (QED) is 0.688. The number of nitrogens with zero attached hydrogens (tertiary/aromatic N) is 2. The van der Waals surface area contributed by atoms with E-state index in [-0.39, 0.29) is 17.4 Å². The second-order valence-corrected chi connectivity index (χ2v) is 10.1. The van der Waals surface area contributed by atoms with Crippen LogP contribution in [-0.4, -0.2) is 59.8 Å². The number of ether oxygens (including phenoxy) is 1. The molecule has 0 bridgehead atoms. The van der Waals surface area contributed by atoms with Crippen molar-refractivity contribution in [3.8, 4) is 0 Å². The first-order valence-corrected chi connectivity index (χ1v) is 12.1. The summed E-state index contributed by atoms with van der Waals surface area (Å²) in [4.78, 5) is 17.1. The smallest absolute Gasteiger partial charge is 0.317 e. The number of benzene rings is 1. The Morgan fingerprint density at radius 1 is 1.19 bits per heavy atom. The molecule has 2 heterocycles. The molecule has 4 rings (SSSR count). The van der Waals surface area contributed by atoms with Crippen molar-refractivity contribution in [1.29, 1.82) is 0 Å². The lowest BCUT2D eigenvalue weighted by Gasteiger charge is -2.48. The first kappa shape index (κ1) is 22.5. The first-order valence-electron chi connectivity index (χ1n) is 12.1. The van der Waals surface area contributed by atoms with Gasteiger partial charge in [-0.3, -0.25) is 4.90 Å². The van der Waals surface area contributed by atoms with Gasteiger partial charge >= 0.3 is 6.03 Å². The van der Waals surface area contributed by atoms with Gasteiger partial charge in [0.25, 0.3) is 0 Å². The molecule has 1 aromatic carbocycles. The van der Waals surface area contributed by atoms with E-state index in [2.05, 4.69) is 24.1 Å². The number of nitrogens with one attached hydrogen (secondary N) is 1. The maximum absolute atomic E-state index is 13.3. The van der Waals surface area contributed by atoms with E-state index in [1.807, 2.05) is 17.0 Å². The van der Waals surface area contributed by atoms with Gasteiger partial charge in [-0.1, -0.05) is 26.0 Å². The van der Waals surface area contributed by atoms with Gasteiger partial charge in [0.1, 0.15) is 5.82 Å². The maximum Gasteiger partial charge on any atom is 0.317 e. The van der Waals surface area contributed by atoms with Crippen LogP contribution in [0.4, 0.5) is 9.18 Å². The Bertz CT molecular complexity index is 727. The van der Waals surface area contributed by atoms with E-state index in [4.69, 9.17) is 4.74 Å². The SMILES string of the molecule is CC(C)CCNC(=O)N1CCC2(CC1)CC(N(Cc1ccc(F)cc1)C1CC1)CCO2. The lowest BCUT2D eigenvalue weighted by molar-refractivity contribution is -0.131. The van der Waals surface area contributed by atoms with Crippen molar-refractivity contribution in [3.05, 3.63) is 35.6 Å². The van der Waals surface area contributed by atoms with Crippen LogP contribution in [0, 0.1) is 11.7 Å². The minimum atomic E-state index is -0.174. The predicted octanol–water partition coefficient (Wildman–Crippen LogP) is 4.56. The highest BCUT2D eigenvalue weighted by Gasteiger charge is 2.44. The Balaban J connectivity index is 1.32. The lowest BCUT2D eigenvalue weighted by atomic mass is 9.81. The van der Waals surface area contributed by atoms with Crippen LogP contribution >= 0.6 is 0 Å². The summed E-state index contributed by atoms with van der Waals surface area (Å²) >= 11 is 0. The van der Waals surface area contributed by atoms with Crippen molar-refractivity contribution in [3.63, 3.8) is 0 Å². The van der Waals surface area contributed by atoms with E-state index in [1.54, 1.807) is 12.1 Å².